The van der Waals surface area contributed by atoms with Gasteiger partial charge in [0.1, 0.15) is 5.69 Å². The third kappa shape index (κ3) is 5.17. The molecule has 2 N–H and O–H groups in total. The Hall–Kier alpha value is -2.15. The minimum absolute atomic E-state index is 0.0238. The third-order valence-electron chi connectivity index (χ3n) is 5.40. The number of nitrogens with one attached hydrogen (secondary N) is 2. The zero-order chi connectivity index (χ0) is 19.2. The van der Waals surface area contributed by atoms with E-state index in [1.54, 1.807) is 18.2 Å². The summed E-state index contributed by atoms with van der Waals surface area (Å²) in [6.07, 6.45) is 4.91. The van der Waals surface area contributed by atoms with E-state index < -0.39 is 4.92 Å². The van der Waals surface area contributed by atoms with E-state index in [0.717, 1.165) is 12.8 Å². The Bertz CT molecular complexity index is 635. The van der Waals surface area contributed by atoms with Crippen LogP contribution in [0.4, 0.5) is 11.4 Å². The molecule has 1 aromatic carbocycles. The number of anilines is 1. The van der Waals surface area contributed by atoms with Crippen molar-refractivity contribution in [1.29, 1.82) is 0 Å². The number of hydrogen-bond donors (Lipinski definition) is 2. The fourth-order valence-electron chi connectivity index (χ4n) is 3.80. The minimum atomic E-state index is -0.423. The highest BCUT2D eigenvalue weighted by Gasteiger charge is 2.37. The van der Waals surface area contributed by atoms with Gasteiger partial charge in [0.2, 0.25) is 5.91 Å². The molecule has 1 aromatic rings. The second-order valence-electron chi connectivity index (χ2n) is 7.55. The number of carbonyl (C=O) groups is 1. The number of para-hydroxylation sites is 2. The fraction of sp³-hybridized carbons (Fsp3) is 0.632. The molecule has 0 radical (unpaired) electrons. The van der Waals surface area contributed by atoms with E-state index in [4.69, 9.17) is 0 Å². The number of hydrogen-bond acceptors (Lipinski definition) is 5. The van der Waals surface area contributed by atoms with Gasteiger partial charge < -0.3 is 15.5 Å². The SMILES string of the molecule is C[C@H]1CCC[C@@](CNC(=O)CCNc2ccccc2[N+](=O)[O-])(N(C)C)C1. The predicted molar refractivity (Wildman–Crippen MR) is 103 cm³/mol. The Morgan fingerprint density at radius 3 is 2.77 bits per heavy atom. The molecule has 0 spiro atoms. The lowest BCUT2D eigenvalue weighted by molar-refractivity contribution is -0.384. The number of nitro groups is 1. The highest BCUT2D eigenvalue weighted by Crippen LogP contribution is 2.35. The molecule has 0 aliphatic heterocycles. The van der Waals surface area contributed by atoms with Crippen molar-refractivity contribution in [3.8, 4) is 0 Å². The van der Waals surface area contributed by atoms with Gasteiger partial charge in [-0.2, -0.15) is 0 Å². The molecule has 0 unspecified atom stereocenters. The topological polar surface area (TPSA) is 87.5 Å². The smallest absolute Gasteiger partial charge is 0.292 e. The monoisotopic (exact) mass is 362 g/mol. The summed E-state index contributed by atoms with van der Waals surface area (Å²) in [6, 6.07) is 6.47. The molecule has 1 aliphatic rings. The number of likely N-dealkylation sites (N-methyl/N-ethyl adjacent to an activating group) is 1. The maximum atomic E-state index is 12.2. The van der Waals surface area contributed by atoms with Crippen molar-refractivity contribution in [2.45, 2.75) is 44.6 Å². The first-order valence-corrected chi connectivity index (χ1v) is 9.25. The van der Waals surface area contributed by atoms with Crippen molar-refractivity contribution >= 4 is 17.3 Å². The van der Waals surface area contributed by atoms with Crippen LogP contribution in [-0.4, -0.2) is 48.5 Å². The number of amides is 1. The van der Waals surface area contributed by atoms with E-state index in [0.29, 0.717) is 24.7 Å². The van der Waals surface area contributed by atoms with Gasteiger partial charge in [-0.25, -0.2) is 0 Å². The van der Waals surface area contributed by atoms with E-state index in [-0.39, 0.29) is 23.6 Å². The molecule has 1 saturated carbocycles. The lowest BCUT2D eigenvalue weighted by Gasteiger charge is -2.45. The molecule has 0 bridgehead atoms. The van der Waals surface area contributed by atoms with Gasteiger partial charge in [0.05, 0.1) is 4.92 Å². The van der Waals surface area contributed by atoms with Gasteiger partial charge in [-0.3, -0.25) is 14.9 Å². The Morgan fingerprint density at radius 2 is 2.12 bits per heavy atom. The van der Waals surface area contributed by atoms with E-state index in [1.165, 1.54) is 18.9 Å². The van der Waals surface area contributed by atoms with Crippen LogP contribution in [0, 0.1) is 16.0 Å². The van der Waals surface area contributed by atoms with Crippen LogP contribution in [0.15, 0.2) is 24.3 Å². The number of nitrogens with zero attached hydrogens (tertiary/aromatic N) is 2. The van der Waals surface area contributed by atoms with Gasteiger partial charge in [0, 0.05) is 31.1 Å². The second kappa shape index (κ2) is 8.98. The first-order valence-electron chi connectivity index (χ1n) is 9.25. The summed E-state index contributed by atoms with van der Waals surface area (Å²) >= 11 is 0. The predicted octanol–water partition coefficient (Wildman–Crippen LogP) is 3.02. The molecule has 0 saturated heterocycles. The second-order valence-corrected chi connectivity index (χ2v) is 7.55. The van der Waals surface area contributed by atoms with Gasteiger partial charge in [0.25, 0.3) is 5.69 Å². The number of nitro benzene ring substituents is 1. The van der Waals surface area contributed by atoms with Gasteiger partial charge >= 0.3 is 0 Å². The summed E-state index contributed by atoms with van der Waals surface area (Å²) < 4.78 is 0. The number of rotatable bonds is 8. The molecule has 1 fully saturated rings. The molecule has 1 aliphatic carbocycles. The molecular formula is C19H30N4O3. The van der Waals surface area contributed by atoms with Crippen LogP contribution in [0.2, 0.25) is 0 Å². The zero-order valence-corrected chi connectivity index (χ0v) is 16.0. The van der Waals surface area contributed by atoms with Crippen LogP contribution < -0.4 is 10.6 Å². The van der Waals surface area contributed by atoms with E-state index in [2.05, 4.69) is 36.6 Å². The Balaban J connectivity index is 1.83. The third-order valence-corrected chi connectivity index (χ3v) is 5.40. The van der Waals surface area contributed by atoms with Crippen molar-refractivity contribution in [1.82, 2.24) is 10.2 Å². The summed E-state index contributed by atoms with van der Waals surface area (Å²) in [7, 11) is 4.17. The van der Waals surface area contributed by atoms with Crippen LogP contribution in [0.25, 0.3) is 0 Å². The van der Waals surface area contributed by atoms with Crippen LogP contribution in [0.5, 0.6) is 0 Å². The van der Waals surface area contributed by atoms with Crippen LogP contribution in [0.1, 0.15) is 39.0 Å². The fourth-order valence-corrected chi connectivity index (χ4v) is 3.80. The summed E-state index contributed by atoms with van der Waals surface area (Å²) in [4.78, 5) is 25.1. The van der Waals surface area contributed by atoms with Crippen molar-refractivity contribution < 1.29 is 9.72 Å². The summed E-state index contributed by atoms with van der Waals surface area (Å²) in [5, 5.41) is 17.1. The first-order chi connectivity index (χ1) is 12.3. The van der Waals surface area contributed by atoms with Crippen molar-refractivity contribution in [3.05, 3.63) is 34.4 Å². The number of carbonyl (C=O) groups excluding carboxylic acids is 1. The molecule has 0 aromatic heterocycles. The largest absolute Gasteiger partial charge is 0.379 e. The Kier molecular flexibility index (Phi) is 6.97. The maximum absolute atomic E-state index is 12.2. The lowest BCUT2D eigenvalue weighted by atomic mass is 9.75. The van der Waals surface area contributed by atoms with Crippen molar-refractivity contribution in [2.75, 3.05) is 32.5 Å². The van der Waals surface area contributed by atoms with Crippen molar-refractivity contribution in [2.24, 2.45) is 5.92 Å². The maximum Gasteiger partial charge on any atom is 0.292 e. The molecule has 2 rings (SSSR count). The van der Waals surface area contributed by atoms with E-state index in [1.807, 2.05) is 0 Å². The molecule has 1 amide bonds. The summed E-state index contributed by atoms with van der Waals surface area (Å²) in [5.41, 5.74) is 0.491. The van der Waals surface area contributed by atoms with Crippen LogP contribution >= 0.6 is 0 Å². The van der Waals surface area contributed by atoms with Crippen LogP contribution in [0.3, 0.4) is 0 Å². The molecule has 0 heterocycles. The highest BCUT2D eigenvalue weighted by molar-refractivity contribution is 5.76. The molecule has 7 heteroatoms. The van der Waals surface area contributed by atoms with Gasteiger partial charge in [-0.15, -0.1) is 0 Å². The molecule has 7 nitrogen and oxygen atoms in total. The normalized spacial score (nSPS) is 22.8. The number of benzene rings is 1. The average Bonchev–Trinajstić information content (AvgIpc) is 2.60. The van der Waals surface area contributed by atoms with Gasteiger partial charge in [0.15, 0.2) is 0 Å². The van der Waals surface area contributed by atoms with Crippen molar-refractivity contribution in [3.63, 3.8) is 0 Å². The summed E-state index contributed by atoms with van der Waals surface area (Å²) in [6.45, 7) is 3.28. The van der Waals surface area contributed by atoms with E-state index >= 15 is 0 Å². The standard InChI is InChI=1S/C19H30N4O3/c1-15-7-6-11-19(13-15,22(2)3)14-21-18(24)10-12-20-16-8-4-5-9-17(16)23(25)26/h4-5,8-9,15,20H,6-7,10-14H2,1-3H3,(H,21,24)/t15-,19+/m0/s1. The highest BCUT2D eigenvalue weighted by atomic mass is 16.6. The minimum Gasteiger partial charge on any atom is -0.379 e. The Morgan fingerprint density at radius 1 is 1.38 bits per heavy atom. The quantitative estimate of drug-likeness (QED) is 0.548. The van der Waals surface area contributed by atoms with E-state index in [9.17, 15) is 14.9 Å². The zero-order valence-electron chi connectivity index (χ0n) is 16.0. The lowest BCUT2D eigenvalue weighted by Crippen LogP contribution is -2.55. The Labute approximate surface area is 155 Å². The first kappa shape index (κ1) is 20.2. The van der Waals surface area contributed by atoms with Crippen LogP contribution in [-0.2, 0) is 4.79 Å². The molecule has 144 valence electrons. The summed E-state index contributed by atoms with van der Waals surface area (Å²) in [5.74, 6) is 0.638. The molecule has 2 atom stereocenters. The van der Waals surface area contributed by atoms with Gasteiger partial charge in [-0.1, -0.05) is 31.9 Å². The molecular weight excluding hydrogens is 332 g/mol. The van der Waals surface area contributed by atoms with Gasteiger partial charge in [-0.05, 0) is 38.9 Å². The molecule has 26 heavy (non-hydrogen) atoms. The average molecular weight is 362 g/mol.